The number of carbonyl (C=O) groups is 1. The van der Waals surface area contributed by atoms with Gasteiger partial charge in [0, 0.05) is 18.0 Å². The SMILES string of the molecule is C=CC[C@H]1CN(S(=O)O)C[C@@]1(N=[N+]=[N-])C(=O)OCc1ccccc1. The molecule has 0 saturated carbocycles. The van der Waals surface area contributed by atoms with Gasteiger partial charge in [0.15, 0.2) is 5.54 Å². The highest BCUT2D eigenvalue weighted by molar-refractivity contribution is 7.76. The van der Waals surface area contributed by atoms with E-state index < -0.39 is 28.7 Å². The number of allylic oxidation sites excluding steroid dienone is 1. The third-order valence-corrected chi connectivity index (χ3v) is 4.70. The lowest BCUT2D eigenvalue weighted by Gasteiger charge is -2.26. The van der Waals surface area contributed by atoms with Gasteiger partial charge >= 0.3 is 5.97 Å². The highest BCUT2D eigenvalue weighted by Crippen LogP contribution is 2.36. The van der Waals surface area contributed by atoms with E-state index in [0.29, 0.717) is 6.42 Å². The van der Waals surface area contributed by atoms with E-state index in [4.69, 9.17) is 10.3 Å². The molecule has 0 radical (unpaired) electrons. The molecule has 8 nitrogen and oxygen atoms in total. The number of hydrogen-bond donors (Lipinski definition) is 1. The van der Waals surface area contributed by atoms with Crippen LogP contribution >= 0.6 is 0 Å². The average Bonchev–Trinajstić information content (AvgIpc) is 2.94. The summed E-state index contributed by atoms with van der Waals surface area (Å²) in [7, 11) is 0. The van der Waals surface area contributed by atoms with Crippen molar-refractivity contribution in [3.05, 3.63) is 59.0 Å². The molecule has 1 aliphatic heterocycles. The zero-order valence-electron chi connectivity index (χ0n) is 12.9. The second-order valence-electron chi connectivity index (χ2n) is 5.45. The summed E-state index contributed by atoms with van der Waals surface area (Å²) < 4.78 is 27.2. The van der Waals surface area contributed by atoms with Gasteiger partial charge in [0.05, 0.1) is 0 Å². The Morgan fingerprint density at radius 3 is 2.88 bits per heavy atom. The van der Waals surface area contributed by atoms with Gasteiger partial charge in [-0.3, -0.25) is 9.35 Å². The quantitative estimate of drug-likeness (QED) is 0.203. The summed E-state index contributed by atoms with van der Waals surface area (Å²) in [6.07, 6.45) is 1.94. The molecule has 1 N–H and O–H groups in total. The zero-order chi connectivity index (χ0) is 17.6. The highest BCUT2D eigenvalue weighted by atomic mass is 32.2. The van der Waals surface area contributed by atoms with Crippen LogP contribution in [-0.2, 0) is 27.4 Å². The first-order valence-corrected chi connectivity index (χ1v) is 8.34. The molecule has 1 unspecified atom stereocenters. The first-order chi connectivity index (χ1) is 11.5. The standard InChI is InChI=1S/C15H18N4O4S/c1-2-6-13-9-19(24(21)22)11-15(13,17-18-16)14(20)23-10-12-7-4-3-5-8-12/h2-5,7-8,13H,1,6,9-11H2,(H,21,22)/t13-,15-/m0/s1. The van der Waals surface area contributed by atoms with E-state index in [2.05, 4.69) is 16.6 Å². The molecule has 1 aliphatic rings. The van der Waals surface area contributed by atoms with Crippen molar-refractivity contribution in [1.29, 1.82) is 0 Å². The summed E-state index contributed by atoms with van der Waals surface area (Å²) in [6.45, 7) is 3.62. The van der Waals surface area contributed by atoms with Crippen molar-refractivity contribution in [3.63, 3.8) is 0 Å². The van der Waals surface area contributed by atoms with E-state index in [9.17, 15) is 13.6 Å². The molecular weight excluding hydrogens is 332 g/mol. The van der Waals surface area contributed by atoms with Crippen LogP contribution in [0.2, 0.25) is 0 Å². The summed E-state index contributed by atoms with van der Waals surface area (Å²) in [5.41, 5.74) is 8.15. The average molecular weight is 350 g/mol. The van der Waals surface area contributed by atoms with Crippen molar-refractivity contribution >= 4 is 17.2 Å². The minimum Gasteiger partial charge on any atom is -0.460 e. The largest absolute Gasteiger partial charge is 0.460 e. The molecule has 24 heavy (non-hydrogen) atoms. The van der Waals surface area contributed by atoms with Crippen LogP contribution in [-0.4, -0.2) is 37.7 Å². The summed E-state index contributed by atoms with van der Waals surface area (Å²) in [5, 5.41) is 3.67. The van der Waals surface area contributed by atoms with Gasteiger partial charge in [0.1, 0.15) is 6.61 Å². The maximum absolute atomic E-state index is 12.7. The summed E-state index contributed by atoms with van der Waals surface area (Å²) in [4.78, 5) is 15.4. The van der Waals surface area contributed by atoms with E-state index >= 15 is 0 Å². The van der Waals surface area contributed by atoms with E-state index in [1.807, 2.05) is 18.2 Å². The second kappa shape index (κ2) is 8.07. The van der Waals surface area contributed by atoms with E-state index in [0.717, 1.165) is 5.56 Å². The number of carbonyl (C=O) groups excluding carboxylic acids is 1. The molecule has 2 rings (SSSR count). The van der Waals surface area contributed by atoms with Gasteiger partial charge in [0.2, 0.25) is 11.3 Å². The Morgan fingerprint density at radius 2 is 2.29 bits per heavy atom. The fourth-order valence-corrected chi connectivity index (χ4v) is 3.38. The van der Waals surface area contributed by atoms with Gasteiger partial charge in [-0.1, -0.05) is 41.5 Å². The third-order valence-electron chi connectivity index (χ3n) is 3.98. The first kappa shape index (κ1) is 18.2. The van der Waals surface area contributed by atoms with Gasteiger partial charge in [-0.05, 0) is 23.4 Å². The van der Waals surface area contributed by atoms with Crippen molar-refractivity contribution in [2.24, 2.45) is 11.0 Å². The van der Waals surface area contributed by atoms with Crippen molar-refractivity contribution in [2.45, 2.75) is 18.6 Å². The summed E-state index contributed by atoms with van der Waals surface area (Å²) >= 11 is -2.26. The number of ether oxygens (including phenoxy) is 1. The number of nitrogens with zero attached hydrogens (tertiary/aromatic N) is 4. The highest BCUT2D eigenvalue weighted by Gasteiger charge is 2.54. The number of hydrogen-bond acceptors (Lipinski definition) is 4. The normalized spacial score (nSPS) is 24.8. The molecule has 128 valence electrons. The first-order valence-electron chi connectivity index (χ1n) is 7.27. The minimum atomic E-state index is -2.26. The molecule has 0 bridgehead atoms. The Balaban J connectivity index is 2.23. The van der Waals surface area contributed by atoms with E-state index in [1.165, 1.54) is 4.31 Å². The molecule has 0 amide bonds. The zero-order valence-corrected chi connectivity index (χ0v) is 13.8. The molecule has 1 aromatic rings. The van der Waals surface area contributed by atoms with Crippen molar-refractivity contribution in [3.8, 4) is 0 Å². The van der Waals surface area contributed by atoms with Crippen LogP contribution < -0.4 is 0 Å². The Morgan fingerprint density at radius 1 is 1.58 bits per heavy atom. The fraction of sp³-hybridized carbons (Fsp3) is 0.400. The van der Waals surface area contributed by atoms with Crippen LogP contribution in [0.15, 0.2) is 48.1 Å². The molecule has 1 fully saturated rings. The maximum atomic E-state index is 12.7. The third kappa shape index (κ3) is 3.82. The fourth-order valence-electron chi connectivity index (χ4n) is 2.76. The number of rotatable bonds is 7. The van der Waals surface area contributed by atoms with Crippen LogP contribution in [0.25, 0.3) is 10.4 Å². The predicted molar refractivity (Wildman–Crippen MR) is 88.8 cm³/mol. The Kier molecular flexibility index (Phi) is 6.10. The van der Waals surface area contributed by atoms with Crippen LogP contribution in [0.5, 0.6) is 0 Å². The van der Waals surface area contributed by atoms with Crippen molar-refractivity contribution in [2.75, 3.05) is 13.1 Å². The number of azide groups is 1. The van der Waals surface area contributed by atoms with Crippen molar-refractivity contribution in [1.82, 2.24) is 4.31 Å². The molecule has 1 saturated heterocycles. The monoisotopic (exact) mass is 350 g/mol. The lowest BCUT2D eigenvalue weighted by molar-refractivity contribution is -0.152. The Labute approximate surface area is 142 Å². The molecule has 0 aromatic heterocycles. The molecular formula is C15H18N4O4S. The second-order valence-corrected chi connectivity index (χ2v) is 6.43. The van der Waals surface area contributed by atoms with E-state index in [1.54, 1.807) is 18.2 Å². The van der Waals surface area contributed by atoms with E-state index in [-0.39, 0.29) is 19.7 Å². The minimum absolute atomic E-state index is 0.0331. The van der Waals surface area contributed by atoms with Gasteiger partial charge in [-0.15, -0.1) is 6.58 Å². The molecule has 3 atom stereocenters. The summed E-state index contributed by atoms with van der Waals surface area (Å²) in [5.74, 6) is -1.19. The summed E-state index contributed by atoms with van der Waals surface area (Å²) in [6, 6.07) is 9.09. The molecule has 0 spiro atoms. The molecule has 9 heteroatoms. The Bertz CT molecular complexity index is 677. The smallest absolute Gasteiger partial charge is 0.320 e. The predicted octanol–water partition coefficient (Wildman–Crippen LogP) is 2.42. The molecule has 0 aliphatic carbocycles. The van der Waals surface area contributed by atoms with Gasteiger partial charge in [0.25, 0.3) is 0 Å². The molecule has 1 heterocycles. The van der Waals surface area contributed by atoms with Gasteiger partial charge in [-0.25, -0.2) is 4.21 Å². The molecule has 1 aromatic carbocycles. The maximum Gasteiger partial charge on any atom is 0.320 e. The lowest BCUT2D eigenvalue weighted by atomic mass is 9.85. The van der Waals surface area contributed by atoms with Gasteiger partial charge in [-0.2, -0.15) is 4.31 Å². The lowest BCUT2D eigenvalue weighted by Crippen LogP contribution is -2.45. The van der Waals surface area contributed by atoms with Crippen LogP contribution in [0.1, 0.15) is 12.0 Å². The van der Waals surface area contributed by atoms with Crippen LogP contribution in [0, 0.1) is 5.92 Å². The Hall–Kier alpha value is -2.19. The van der Waals surface area contributed by atoms with Crippen LogP contribution in [0.4, 0.5) is 0 Å². The number of benzene rings is 1. The van der Waals surface area contributed by atoms with Gasteiger partial charge < -0.3 is 4.74 Å². The van der Waals surface area contributed by atoms with Crippen LogP contribution in [0.3, 0.4) is 0 Å². The number of esters is 1. The van der Waals surface area contributed by atoms with Crippen molar-refractivity contribution < 1.29 is 18.3 Å². The topological polar surface area (TPSA) is 116 Å².